The molecule has 0 bridgehead atoms. The van der Waals surface area contributed by atoms with Crippen molar-refractivity contribution in [2.24, 2.45) is 0 Å². The molecule has 0 saturated carbocycles. The molecule has 0 aliphatic carbocycles. The van der Waals surface area contributed by atoms with Crippen LogP contribution in [-0.2, 0) is 11.3 Å². The van der Waals surface area contributed by atoms with E-state index in [0.29, 0.717) is 24.1 Å². The summed E-state index contributed by atoms with van der Waals surface area (Å²) in [7, 11) is 0. The number of halogens is 1. The van der Waals surface area contributed by atoms with Gasteiger partial charge in [-0.2, -0.15) is 10.1 Å². The van der Waals surface area contributed by atoms with Crippen molar-refractivity contribution in [1.29, 1.82) is 0 Å². The molecule has 1 unspecified atom stereocenters. The maximum absolute atomic E-state index is 5.94. The highest BCUT2D eigenvalue weighted by molar-refractivity contribution is 6.31. The average molecular weight is 269 g/mol. The lowest BCUT2D eigenvalue weighted by atomic mass is 10.1. The summed E-state index contributed by atoms with van der Waals surface area (Å²) in [6, 6.07) is 0. The molecule has 6 nitrogen and oxygen atoms in total. The second kappa shape index (κ2) is 4.70. The van der Waals surface area contributed by atoms with Crippen molar-refractivity contribution in [1.82, 2.24) is 19.9 Å². The SMILES string of the molecule is Cc1nn(Cc2nc(C3CCOC3)no2)cc1Cl. The zero-order chi connectivity index (χ0) is 12.5. The van der Waals surface area contributed by atoms with Crippen LogP contribution >= 0.6 is 11.6 Å². The molecular weight excluding hydrogens is 256 g/mol. The summed E-state index contributed by atoms with van der Waals surface area (Å²) in [5.74, 6) is 1.51. The normalized spacial score (nSPS) is 19.6. The van der Waals surface area contributed by atoms with Gasteiger partial charge in [-0.3, -0.25) is 4.68 Å². The number of ether oxygens (including phenoxy) is 1. The summed E-state index contributed by atoms with van der Waals surface area (Å²) < 4.78 is 12.2. The second-order valence-corrected chi connectivity index (χ2v) is 4.77. The number of aryl methyl sites for hydroxylation is 1. The zero-order valence-electron chi connectivity index (χ0n) is 9.97. The van der Waals surface area contributed by atoms with Crippen LogP contribution in [0.3, 0.4) is 0 Å². The van der Waals surface area contributed by atoms with Crippen molar-refractivity contribution in [3.63, 3.8) is 0 Å². The van der Waals surface area contributed by atoms with Gasteiger partial charge in [0.15, 0.2) is 5.82 Å². The summed E-state index contributed by atoms with van der Waals surface area (Å²) in [6.07, 6.45) is 2.70. The Morgan fingerprint density at radius 2 is 2.44 bits per heavy atom. The van der Waals surface area contributed by atoms with E-state index < -0.39 is 0 Å². The molecule has 0 spiro atoms. The number of hydrogen-bond acceptors (Lipinski definition) is 5. The number of nitrogens with zero attached hydrogens (tertiary/aromatic N) is 4. The quantitative estimate of drug-likeness (QED) is 0.849. The van der Waals surface area contributed by atoms with Gasteiger partial charge in [-0.15, -0.1) is 0 Å². The summed E-state index contributed by atoms with van der Waals surface area (Å²) in [5.41, 5.74) is 0.792. The molecule has 0 N–H and O–H groups in total. The van der Waals surface area contributed by atoms with E-state index in [1.54, 1.807) is 10.9 Å². The van der Waals surface area contributed by atoms with Gasteiger partial charge in [-0.25, -0.2) is 0 Å². The van der Waals surface area contributed by atoms with Crippen LogP contribution in [0.5, 0.6) is 0 Å². The molecular formula is C11H13ClN4O2. The van der Waals surface area contributed by atoms with Crippen LogP contribution in [0.15, 0.2) is 10.7 Å². The molecule has 1 atom stereocenters. The third kappa shape index (κ3) is 2.26. The van der Waals surface area contributed by atoms with Gasteiger partial charge < -0.3 is 9.26 Å². The summed E-state index contributed by atoms with van der Waals surface area (Å²) in [4.78, 5) is 4.36. The molecule has 7 heteroatoms. The first kappa shape index (κ1) is 11.7. The Hall–Kier alpha value is -1.40. The van der Waals surface area contributed by atoms with Crippen molar-refractivity contribution in [3.05, 3.63) is 28.6 Å². The monoisotopic (exact) mass is 268 g/mol. The van der Waals surface area contributed by atoms with Crippen LogP contribution in [0.4, 0.5) is 0 Å². The molecule has 1 fully saturated rings. The number of hydrogen-bond donors (Lipinski definition) is 0. The zero-order valence-corrected chi connectivity index (χ0v) is 10.7. The molecule has 96 valence electrons. The van der Waals surface area contributed by atoms with Gasteiger partial charge in [0, 0.05) is 18.7 Å². The molecule has 0 radical (unpaired) electrons. The van der Waals surface area contributed by atoms with Crippen molar-refractivity contribution in [3.8, 4) is 0 Å². The molecule has 1 aliphatic rings. The lowest BCUT2D eigenvalue weighted by Gasteiger charge is -1.97. The molecule has 3 heterocycles. The molecule has 0 aromatic carbocycles. The number of aromatic nitrogens is 4. The van der Waals surface area contributed by atoms with Crippen LogP contribution < -0.4 is 0 Å². The molecule has 18 heavy (non-hydrogen) atoms. The third-order valence-electron chi connectivity index (χ3n) is 2.96. The van der Waals surface area contributed by atoms with Crippen LogP contribution in [0.2, 0.25) is 5.02 Å². The molecule has 1 aliphatic heterocycles. The highest BCUT2D eigenvalue weighted by Gasteiger charge is 2.23. The van der Waals surface area contributed by atoms with E-state index >= 15 is 0 Å². The summed E-state index contributed by atoms with van der Waals surface area (Å²) in [5, 5.41) is 8.87. The van der Waals surface area contributed by atoms with E-state index in [1.165, 1.54) is 0 Å². The van der Waals surface area contributed by atoms with E-state index in [9.17, 15) is 0 Å². The van der Waals surface area contributed by atoms with E-state index in [4.69, 9.17) is 20.9 Å². The van der Waals surface area contributed by atoms with E-state index in [2.05, 4.69) is 15.2 Å². The lowest BCUT2D eigenvalue weighted by molar-refractivity contribution is 0.192. The highest BCUT2D eigenvalue weighted by atomic mass is 35.5. The largest absolute Gasteiger partial charge is 0.381 e. The fourth-order valence-electron chi connectivity index (χ4n) is 1.95. The van der Waals surface area contributed by atoms with Crippen molar-refractivity contribution < 1.29 is 9.26 Å². The summed E-state index contributed by atoms with van der Waals surface area (Å²) >= 11 is 5.94. The minimum Gasteiger partial charge on any atom is -0.381 e. The third-order valence-corrected chi connectivity index (χ3v) is 3.33. The van der Waals surface area contributed by atoms with Gasteiger partial charge in [-0.05, 0) is 13.3 Å². The Labute approximate surface area is 109 Å². The van der Waals surface area contributed by atoms with Crippen molar-refractivity contribution in [2.45, 2.75) is 25.8 Å². The lowest BCUT2D eigenvalue weighted by Crippen LogP contribution is -2.03. The second-order valence-electron chi connectivity index (χ2n) is 4.37. The number of rotatable bonds is 3. The van der Waals surface area contributed by atoms with E-state index in [0.717, 1.165) is 24.5 Å². The fraction of sp³-hybridized carbons (Fsp3) is 0.545. The smallest absolute Gasteiger partial charge is 0.248 e. The van der Waals surface area contributed by atoms with Gasteiger partial charge in [0.2, 0.25) is 5.89 Å². The Kier molecular flexibility index (Phi) is 3.05. The van der Waals surface area contributed by atoms with Crippen molar-refractivity contribution >= 4 is 11.6 Å². The fourth-order valence-corrected chi connectivity index (χ4v) is 2.10. The first-order valence-corrected chi connectivity index (χ1v) is 6.20. The maximum Gasteiger partial charge on any atom is 0.248 e. The standard InChI is InChI=1S/C11H13ClN4O2/c1-7-9(12)4-16(14-7)5-10-13-11(15-18-10)8-2-3-17-6-8/h4,8H,2-3,5-6H2,1H3. The van der Waals surface area contributed by atoms with Crippen LogP contribution in [0, 0.1) is 6.92 Å². The van der Waals surface area contributed by atoms with Crippen LogP contribution in [0.1, 0.15) is 29.7 Å². The van der Waals surface area contributed by atoms with Gasteiger partial charge in [0.05, 0.1) is 17.3 Å². The molecule has 3 rings (SSSR count). The Morgan fingerprint density at radius 1 is 1.56 bits per heavy atom. The van der Waals surface area contributed by atoms with Gasteiger partial charge in [-0.1, -0.05) is 16.8 Å². The Morgan fingerprint density at radius 3 is 3.11 bits per heavy atom. The van der Waals surface area contributed by atoms with E-state index in [1.807, 2.05) is 6.92 Å². The Bertz CT molecular complexity index is 525. The minimum atomic E-state index is 0.255. The highest BCUT2D eigenvalue weighted by Crippen LogP contribution is 2.22. The van der Waals surface area contributed by atoms with Gasteiger partial charge in [0.25, 0.3) is 0 Å². The van der Waals surface area contributed by atoms with Gasteiger partial charge in [0.1, 0.15) is 6.54 Å². The minimum absolute atomic E-state index is 0.255. The molecule has 1 saturated heterocycles. The van der Waals surface area contributed by atoms with Gasteiger partial charge >= 0.3 is 0 Å². The van der Waals surface area contributed by atoms with Crippen LogP contribution in [-0.4, -0.2) is 33.1 Å². The van der Waals surface area contributed by atoms with Crippen LogP contribution in [0.25, 0.3) is 0 Å². The molecule has 0 amide bonds. The molecule has 2 aromatic rings. The average Bonchev–Trinajstić information content (AvgIpc) is 3.02. The van der Waals surface area contributed by atoms with Crippen molar-refractivity contribution in [2.75, 3.05) is 13.2 Å². The maximum atomic E-state index is 5.94. The predicted molar refractivity (Wildman–Crippen MR) is 63.6 cm³/mol. The predicted octanol–water partition coefficient (Wildman–Crippen LogP) is 1.78. The first-order chi connectivity index (χ1) is 8.72. The summed E-state index contributed by atoms with van der Waals surface area (Å²) in [6.45, 7) is 3.73. The Balaban J connectivity index is 1.73. The molecule has 2 aromatic heterocycles. The van der Waals surface area contributed by atoms with E-state index in [-0.39, 0.29) is 5.92 Å². The first-order valence-electron chi connectivity index (χ1n) is 5.82. The topological polar surface area (TPSA) is 66.0 Å².